The van der Waals surface area contributed by atoms with Crippen LogP contribution >= 0.6 is 0 Å². The topological polar surface area (TPSA) is 29.1 Å². The summed E-state index contributed by atoms with van der Waals surface area (Å²) in [5, 5.41) is 2.57. The van der Waals surface area contributed by atoms with Gasteiger partial charge in [0.25, 0.3) is 0 Å². The molecule has 124 valence electrons. The van der Waals surface area contributed by atoms with Crippen molar-refractivity contribution < 1.29 is 4.79 Å². The van der Waals surface area contributed by atoms with Crippen LogP contribution in [0, 0.1) is 20.8 Å². The standard InChI is InChI=1S/C9H12.C4H9NO.C4H10.C2H6/c1-7-4-5-8(2)9(3)6-7;1-3-5-4(2)6;1-3-4-2;1-2/h4-6H,1-3H3;3H2,1-2H3,(H,5,6);3-4H2,1-2H3;1-2H3. The molecule has 0 radical (unpaired) electrons. The number of hydrogen-bond donors (Lipinski definition) is 1. The second-order valence-corrected chi connectivity index (χ2v) is 4.67. The number of carbonyl (C=O) groups excluding carboxylic acids is 1. The SMILES string of the molecule is CC.CCCC.CCNC(C)=O.Cc1ccc(C)c(C)c1. The highest BCUT2D eigenvalue weighted by Gasteiger charge is 1.89. The number of unbranched alkanes of at least 4 members (excludes halogenated alkanes) is 1. The van der Waals surface area contributed by atoms with Crippen molar-refractivity contribution in [1.82, 2.24) is 5.32 Å². The van der Waals surface area contributed by atoms with Crippen molar-refractivity contribution in [2.75, 3.05) is 6.54 Å². The monoisotopic (exact) mass is 295 g/mol. The van der Waals surface area contributed by atoms with Crippen LogP contribution < -0.4 is 5.32 Å². The van der Waals surface area contributed by atoms with Gasteiger partial charge in [-0.25, -0.2) is 0 Å². The van der Waals surface area contributed by atoms with E-state index in [1.807, 2.05) is 20.8 Å². The minimum absolute atomic E-state index is 0.0394. The predicted octanol–water partition coefficient (Wildman–Crippen LogP) is 5.59. The Bertz CT molecular complexity index is 343. The zero-order valence-electron chi connectivity index (χ0n) is 15.8. The van der Waals surface area contributed by atoms with Crippen LogP contribution in [-0.2, 0) is 4.79 Å². The lowest BCUT2D eigenvalue weighted by Crippen LogP contribution is -2.18. The highest BCUT2D eigenvalue weighted by atomic mass is 16.1. The fraction of sp³-hybridized carbons (Fsp3) is 0.632. The third-order valence-electron chi connectivity index (χ3n) is 2.59. The number of benzene rings is 1. The zero-order chi connectivity index (χ0) is 17.3. The smallest absolute Gasteiger partial charge is 0.216 e. The number of amides is 1. The van der Waals surface area contributed by atoms with E-state index >= 15 is 0 Å². The third-order valence-corrected chi connectivity index (χ3v) is 2.59. The average Bonchev–Trinajstić information content (AvgIpc) is 2.46. The second-order valence-electron chi connectivity index (χ2n) is 4.67. The largest absolute Gasteiger partial charge is 0.357 e. The fourth-order valence-corrected chi connectivity index (χ4v) is 1.14. The molecule has 0 aliphatic heterocycles. The van der Waals surface area contributed by atoms with Crippen LogP contribution in [0.2, 0.25) is 0 Å². The zero-order valence-corrected chi connectivity index (χ0v) is 15.8. The molecule has 1 amide bonds. The molecular weight excluding hydrogens is 258 g/mol. The van der Waals surface area contributed by atoms with Gasteiger partial charge in [0.05, 0.1) is 0 Å². The lowest BCUT2D eigenvalue weighted by Gasteiger charge is -1.98. The first-order valence-corrected chi connectivity index (χ1v) is 8.17. The molecule has 1 aromatic rings. The second kappa shape index (κ2) is 18.7. The maximum absolute atomic E-state index is 9.93. The van der Waals surface area contributed by atoms with Crippen molar-refractivity contribution in [3.63, 3.8) is 0 Å². The van der Waals surface area contributed by atoms with E-state index in [0.29, 0.717) is 0 Å². The van der Waals surface area contributed by atoms with Gasteiger partial charge >= 0.3 is 0 Å². The molecule has 0 heterocycles. The van der Waals surface area contributed by atoms with Crippen LogP contribution in [0.5, 0.6) is 0 Å². The molecular formula is C19H37NO. The van der Waals surface area contributed by atoms with E-state index in [-0.39, 0.29) is 5.91 Å². The van der Waals surface area contributed by atoms with Gasteiger partial charge in [0.2, 0.25) is 5.91 Å². The lowest BCUT2D eigenvalue weighted by atomic mass is 10.1. The summed E-state index contributed by atoms with van der Waals surface area (Å²) in [6.45, 7) is 18.9. The van der Waals surface area contributed by atoms with E-state index in [1.54, 1.807) is 0 Å². The molecule has 0 saturated heterocycles. The molecule has 0 aromatic heterocycles. The number of rotatable bonds is 2. The van der Waals surface area contributed by atoms with Crippen LogP contribution in [0.15, 0.2) is 18.2 Å². The van der Waals surface area contributed by atoms with Crippen molar-refractivity contribution >= 4 is 5.91 Å². The van der Waals surface area contributed by atoms with Gasteiger partial charge in [-0.2, -0.15) is 0 Å². The molecule has 2 heteroatoms. The number of aryl methyl sites for hydroxylation is 3. The summed E-state index contributed by atoms with van der Waals surface area (Å²) in [6.07, 6.45) is 2.64. The van der Waals surface area contributed by atoms with Crippen molar-refractivity contribution in [2.45, 2.75) is 75.2 Å². The van der Waals surface area contributed by atoms with Crippen LogP contribution in [0.25, 0.3) is 0 Å². The summed E-state index contributed by atoms with van der Waals surface area (Å²) in [7, 11) is 0. The van der Waals surface area contributed by atoms with Crippen LogP contribution in [0.3, 0.4) is 0 Å². The lowest BCUT2D eigenvalue weighted by molar-refractivity contribution is -0.118. The predicted molar refractivity (Wildman–Crippen MR) is 96.9 cm³/mol. The Labute approximate surface area is 133 Å². The van der Waals surface area contributed by atoms with Gasteiger partial charge in [-0.05, 0) is 38.8 Å². The van der Waals surface area contributed by atoms with Crippen molar-refractivity contribution in [1.29, 1.82) is 0 Å². The van der Waals surface area contributed by atoms with Gasteiger partial charge in [-0.1, -0.05) is 64.3 Å². The Kier molecular flexibility index (Phi) is 22.0. The van der Waals surface area contributed by atoms with Gasteiger partial charge in [-0.15, -0.1) is 0 Å². The summed E-state index contributed by atoms with van der Waals surface area (Å²) in [4.78, 5) is 9.93. The molecule has 0 aliphatic rings. The molecule has 1 rings (SSSR count). The molecule has 0 saturated carbocycles. The summed E-state index contributed by atoms with van der Waals surface area (Å²) in [5.41, 5.74) is 4.11. The van der Waals surface area contributed by atoms with E-state index in [0.717, 1.165) is 6.54 Å². The van der Waals surface area contributed by atoms with Crippen molar-refractivity contribution in [3.8, 4) is 0 Å². The number of nitrogens with one attached hydrogen (secondary N) is 1. The molecule has 1 N–H and O–H groups in total. The van der Waals surface area contributed by atoms with Gasteiger partial charge < -0.3 is 5.32 Å². The van der Waals surface area contributed by atoms with Crippen molar-refractivity contribution in [2.24, 2.45) is 0 Å². The Morgan fingerprint density at radius 2 is 1.43 bits per heavy atom. The summed E-state index contributed by atoms with van der Waals surface area (Å²) in [5.74, 6) is 0.0394. The maximum Gasteiger partial charge on any atom is 0.216 e. The fourth-order valence-electron chi connectivity index (χ4n) is 1.14. The minimum atomic E-state index is 0.0394. The molecule has 2 nitrogen and oxygen atoms in total. The van der Waals surface area contributed by atoms with E-state index < -0.39 is 0 Å². The van der Waals surface area contributed by atoms with Crippen LogP contribution in [0.4, 0.5) is 0 Å². The highest BCUT2D eigenvalue weighted by molar-refractivity contribution is 5.72. The van der Waals surface area contributed by atoms with Crippen molar-refractivity contribution in [3.05, 3.63) is 34.9 Å². The van der Waals surface area contributed by atoms with E-state index in [9.17, 15) is 4.79 Å². The van der Waals surface area contributed by atoms with Gasteiger partial charge in [0, 0.05) is 13.5 Å². The summed E-state index contributed by atoms with van der Waals surface area (Å²) >= 11 is 0. The molecule has 0 bridgehead atoms. The van der Waals surface area contributed by atoms with Gasteiger partial charge in [-0.3, -0.25) is 4.79 Å². The third kappa shape index (κ3) is 21.1. The molecule has 1 aromatic carbocycles. The first-order valence-electron chi connectivity index (χ1n) is 8.17. The van der Waals surface area contributed by atoms with E-state index in [1.165, 1.54) is 36.5 Å². The first-order chi connectivity index (χ1) is 9.88. The van der Waals surface area contributed by atoms with Crippen LogP contribution in [-0.4, -0.2) is 12.5 Å². The molecule has 0 unspecified atom stereocenters. The van der Waals surface area contributed by atoms with E-state index in [4.69, 9.17) is 0 Å². The highest BCUT2D eigenvalue weighted by Crippen LogP contribution is 2.07. The molecule has 0 atom stereocenters. The van der Waals surface area contributed by atoms with Gasteiger partial charge in [0.1, 0.15) is 0 Å². The summed E-state index contributed by atoms with van der Waals surface area (Å²) < 4.78 is 0. The van der Waals surface area contributed by atoms with Gasteiger partial charge in [0.15, 0.2) is 0 Å². The summed E-state index contributed by atoms with van der Waals surface area (Å²) in [6, 6.07) is 6.50. The Hall–Kier alpha value is -1.31. The number of carbonyl (C=O) groups is 1. The molecule has 0 spiro atoms. The molecule has 0 aliphatic carbocycles. The molecule has 21 heavy (non-hydrogen) atoms. The Balaban J connectivity index is -0.000000236. The maximum atomic E-state index is 9.93. The quantitative estimate of drug-likeness (QED) is 0.757. The Morgan fingerprint density at radius 3 is 1.62 bits per heavy atom. The van der Waals surface area contributed by atoms with Crippen LogP contribution in [0.1, 0.15) is 71.1 Å². The normalized spacial score (nSPS) is 8.05. The Morgan fingerprint density at radius 1 is 0.952 bits per heavy atom. The average molecular weight is 296 g/mol. The number of hydrogen-bond acceptors (Lipinski definition) is 1. The van der Waals surface area contributed by atoms with E-state index in [2.05, 4.69) is 58.1 Å². The molecule has 0 fully saturated rings. The first kappa shape index (κ1) is 24.7. The minimum Gasteiger partial charge on any atom is -0.357 e.